The van der Waals surface area contributed by atoms with E-state index in [1.165, 1.54) is 4.90 Å². The summed E-state index contributed by atoms with van der Waals surface area (Å²) in [7, 11) is 0. The fourth-order valence-electron chi connectivity index (χ4n) is 4.61. The SMILES string of the molecule is CC1CCN(C(=O)CN2C(=O)[C@@H]3[C@@H](C2=O)[C@H]2C=C[C@H]3C2)CC1. The van der Waals surface area contributed by atoms with Gasteiger partial charge < -0.3 is 4.90 Å². The first-order valence-electron chi connectivity index (χ1n) is 8.37. The van der Waals surface area contributed by atoms with Crippen LogP contribution < -0.4 is 0 Å². The molecule has 118 valence electrons. The number of hydrogen-bond acceptors (Lipinski definition) is 3. The predicted octanol–water partition coefficient (Wildman–Crippen LogP) is 1.05. The highest BCUT2D eigenvalue weighted by Gasteiger charge is 2.59. The van der Waals surface area contributed by atoms with Crippen LogP contribution in [-0.4, -0.2) is 47.2 Å². The lowest BCUT2D eigenvalue weighted by Crippen LogP contribution is -2.46. The maximum absolute atomic E-state index is 12.6. The number of allylic oxidation sites excluding steroid dienone is 2. The molecule has 0 aromatic heterocycles. The van der Waals surface area contributed by atoms with Gasteiger partial charge >= 0.3 is 0 Å². The van der Waals surface area contributed by atoms with Gasteiger partial charge in [-0.1, -0.05) is 19.1 Å². The van der Waals surface area contributed by atoms with Gasteiger partial charge in [0.05, 0.1) is 11.8 Å². The molecular formula is C17H22N2O3. The van der Waals surface area contributed by atoms with Crippen LogP contribution >= 0.6 is 0 Å². The van der Waals surface area contributed by atoms with Crippen molar-refractivity contribution in [2.45, 2.75) is 26.2 Å². The molecular weight excluding hydrogens is 280 g/mol. The first kappa shape index (κ1) is 14.0. The molecule has 5 heteroatoms. The number of fused-ring (bicyclic) bond motifs is 5. The van der Waals surface area contributed by atoms with Gasteiger partial charge in [-0.15, -0.1) is 0 Å². The molecule has 5 nitrogen and oxygen atoms in total. The molecule has 4 rings (SSSR count). The maximum Gasteiger partial charge on any atom is 0.242 e. The van der Waals surface area contributed by atoms with Crippen molar-refractivity contribution in [3.8, 4) is 0 Å². The van der Waals surface area contributed by atoms with Crippen molar-refractivity contribution in [3.63, 3.8) is 0 Å². The van der Waals surface area contributed by atoms with Crippen LogP contribution in [0.1, 0.15) is 26.2 Å². The zero-order valence-corrected chi connectivity index (χ0v) is 12.9. The Balaban J connectivity index is 1.45. The molecule has 2 heterocycles. The monoisotopic (exact) mass is 302 g/mol. The highest BCUT2D eigenvalue weighted by molar-refractivity contribution is 6.08. The Morgan fingerprint density at radius 2 is 1.64 bits per heavy atom. The second-order valence-electron chi connectivity index (χ2n) is 7.33. The lowest BCUT2D eigenvalue weighted by Gasteiger charge is -2.31. The topological polar surface area (TPSA) is 57.7 Å². The smallest absolute Gasteiger partial charge is 0.242 e. The molecule has 3 amide bonds. The first-order chi connectivity index (χ1) is 10.6. The zero-order chi connectivity index (χ0) is 15.4. The Kier molecular flexibility index (Phi) is 3.13. The Bertz CT molecular complexity index is 532. The summed E-state index contributed by atoms with van der Waals surface area (Å²) < 4.78 is 0. The fraction of sp³-hybridized carbons (Fsp3) is 0.706. The molecule has 0 spiro atoms. The van der Waals surface area contributed by atoms with Crippen LogP contribution in [0.15, 0.2) is 12.2 Å². The van der Waals surface area contributed by atoms with Crippen molar-refractivity contribution < 1.29 is 14.4 Å². The minimum Gasteiger partial charge on any atom is -0.341 e. The molecule has 0 unspecified atom stereocenters. The highest BCUT2D eigenvalue weighted by Crippen LogP contribution is 2.52. The van der Waals surface area contributed by atoms with Crippen LogP contribution in [0.2, 0.25) is 0 Å². The second-order valence-corrected chi connectivity index (χ2v) is 7.33. The van der Waals surface area contributed by atoms with E-state index >= 15 is 0 Å². The number of carbonyl (C=O) groups is 3. The third kappa shape index (κ3) is 1.94. The van der Waals surface area contributed by atoms with Crippen molar-refractivity contribution in [2.75, 3.05) is 19.6 Å². The van der Waals surface area contributed by atoms with Crippen molar-refractivity contribution in [2.24, 2.45) is 29.6 Å². The quantitative estimate of drug-likeness (QED) is 0.566. The van der Waals surface area contributed by atoms with Gasteiger partial charge in [-0.2, -0.15) is 0 Å². The number of imide groups is 1. The average molecular weight is 302 g/mol. The largest absolute Gasteiger partial charge is 0.341 e. The number of carbonyl (C=O) groups excluding carboxylic acids is 3. The maximum atomic E-state index is 12.6. The molecule has 2 bridgehead atoms. The van der Waals surface area contributed by atoms with Crippen LogP contribution in [0, 0.1) is 29.6 Å². The average Bonchev–Trinajstić information content (AvgIpc) is 3.17. The van der Waals surface area contributed by atoms with Crippen LogP contribution in [0.4, 0.5) is 0 Å². The molecule has 1 saturated carbocycles. The molecule has 3 fully saturated rings. The number of amides is 3. The van der Waals surface area contributed by atoms with Crippen LogP contribution in [0.5, 0.6) is 0 Å². The fourth-order valence-corrected chi connectivity index (χ4v) is 4.61. The van der Waals surface area contributed by atoms with E-state index in [0.717, 1.165) is 32.4 Å². The van der Waals surface area contributed by atoms with Crippen LogP contribution in [0.3, 0.4) is 0 Å². The van der Waals surface area contributed by atoms with Gasteiger partial charge in [0.15, 0.2) is 0 Å². The van der Waals surface area contributed by atoms with Crippen LogP contribution in [0.25, 0.3) is 0 Å². The van der Waals surface area contributed by atoms with Crippen molar-refractivity contribution in [1.29, 1.82) is 0 Å². The molecule has 2 aliphatic carbocycles. The normalized spacial score (nSPS) is 37.3. The van der Waals surface area contributed by atoms with Crippen molar-refractivity contribution in [1.82, 2.24) is 9.80 Å². The number of rotatable bonds is 2. The van der Waals surface area contributed by atoms with E-state index in [4.69, 9.17) is 0 Å². The predicted molar refractivity (Wildman–Crippen MR) is 79.4 cm³/mol. The Morgan fingerprint density at radius 1 is 1.09 bits per heavy atom. The molecule has 4 atom stereocenters. The van der Waals surface area contributed by atoms with E-state index in [1.807, 2.05) is 4.90 Å². The van der Waals surface area contributed by atoms with Crippen molar-refractivity contribution >= 4 is 17.7 Å². The summed E-state index contributed by atoms with van der Waals surface area (Å²) >= 11 is 0. The standard InChI is InChI=1S/C17H22N2O3/c1-10-4-6-18(7-5-10)13(20)9-19-16(21)14-11-2-3-12(8-11)15(14)17(19)22/h2-3,10-12,14-15H,4-9H2,1H3/t11-,12-,14-,15-/m0/s1. The number of hydrogen-bond donors (Lipinski definition) is 0. The van der Waals surface area contributed by atoms with Gasteiger partial charge in [0.25, 0.3) is 0 Å². The third-order valence-corrected chi connectivity index (χ3v) is 5.99. The number of nitrogens with zero attached hydrogens (tertiary/aromatic N) is 2. The van der Waals surface area contributed by atoms with E-state index < -0.39 is 0 Å². The lowest BCUT2D eigenvalue weighted by atomic mass is 9.85. The van der Waals surface area contributed by atoms with Gasteiger partial charge in [0, 0.05) is 13.1 Å². The molecule has 0 N–H and O–H groups in total. The Morgan fingerprint density at radius 3 is 2.18 bits per heavy atom. The number of likely N-dealkylation sites (tertiary alicyclic amines) is 2. The molecule has 4 aliphatic rings. The summed E-state index contributed by atoms with van der Waals surface area (Å²) in [5.74, 6) is 0.364. The van der Waals surface area contributed by atoms with Crippen LogP contribution in [-0.2, 0) is 14.4 Å². The molecule has 2 saturated heterocycles. The molecule has 2 aliphatic heterocycles. The number of piperidine rings is 1. The third-order valence-electron chi connectivity index (χ3n) is 5.99. The first-order valence-corrected chi connectivity index (χ1v) is 8.37. The molecule has 22 heavy (non-hydrogen) atoms. The van der Waals surface area contributed by atoms with E-state index in [1.54, 1.807) is 0 Å². The summed E-state index contributed by atoms with van der Waals surface area (Å²) in [6, 6.07) is 0. The summed E-state index contributed by atoms with van der Waals surface area (Å²) in [6.45, 7) is 3.63. The van der Waals surface area contributed by atoms with Gasteiger partial charge in [-0.05, 0) is 37.0 Å². The Labute approximate surface area is 130 Å². The summed E-state index contributed by atoms with van der Waals surface area (Å²) in [6.07, 6.45) is 7.10. The van der Waals surface area contributed by atoms with Gasteiger partial charge in [0.2, 0.25) is 17.7 Å². The Hall–Kier alpha value is -1.65. The van der Waals surface area contributed by atoms with Gasteiger partial charge in [-0.25, -0.2) is 0 Å². The highest BCUT2D eigenvalue weighted by atomic mass is 16.2. The zero-order valence-electron chi connectivity index (χ0n) is 12.9. The second kappa shape index (κ2) is 4.93. The van der Waals surface area contributed by atoms with E-state index in [-0.39, 0.29) is 47.9 Å². The van der Waals surface area contributed by atoms with E-state index in [2.05, 4.69) is 19.1 Å². The van der Waals surface area contributed by atoms with Gasteiger partial charge in [-0.3, -0.25) is 19.3 Å². The molecule has 0 radical (unpaired) electrons. The molecule has 0 aromatic carbocycles. The van der Waals surface area contributed by atoms with Gasteiger partial charge in [0.1, 0.15) is 6.54 Å². The summed E-state index contributed by atoms with van der Waals surface area (Å²) in [4.78, 5) is 40.6. The molecule has 0 aromatic rings. The van der Waals surface area contributed by atoms with E-state index in [9.17, 15) is 14.4 Å². The minimum atomic E-state index is -0.198. The van der Waals surface area contributed by atoms with Crippen molar-refractivity contribution in [3.05, 3.63) is 12.2 Å². The summed E-state index contributed by atoms with van der Waals surface area (Å²) in [5, 5.41) is 0. The van der Waals surface area contributed by atoms with E-state index in [0.29, 0.717) is 5.92 Å². The minimum absolute atomic E-state index is 0.0571. The summed E-state index contributed by atoms with van der Waals surface area (Å²) in [5.41, 5.74) is 0. The lowest BCUT2D eigenvalue weighted by molar-refractivity contribution is -0.147.